The van der Waals surface area contributed by atoms with Crippen LogP contribution in [0.4, 0.5) is 0 Å². The van der Waals surface area contributed by atoms with E-state index < -0.39 is 6.10 Å². The van der Waals surface area contributed by atoms with Gasteiger partial charge >= 0.3 is 17.9 Å². The van der Waals surface area contributed by atoms with Gasteiger partial charge in [-0.2, -0.15) is 0 Å². The molecule has 0 aliphatic carbocycles. The van der Waals surface area contributed by atoms with Crippen LogP contribution >= 0.6 is 0 Å². The number of rotatable bonds is 67. The zero-order valence-corrected chi connectivity index (χ0v) is 55.0. The van der Waals surface area contributed by atoms with Crippen LogP contribution in [-0.2, 0) is 28.6 Å². The highest BCUT2D eigenvalue weighted by molar-refractivity contribution is 5.71. The van der Waals surface area contributed by atoms with Crippen molar-refractivity contribution in [3.63, 3.8) is 0 Å². The minimum absolute atomic E-state index is 0.0821. The fourth-order valence-electron chi connectivity index (χ4n) is 10.8. The fourth-order valence-corrected chi connectivity index (χ4v) is 10.8. The smallest absolute Gasteiger partial charge is 0.306 e. The summed E-state index contributed by atoms with van der Waals surface area (Å²) < 4.78 is 16.9. The van der Waals surface area contributed by atoms with E-state index in [0.29, 0.717) is 19.3 Å². The Bertz CT molecular complexity index is 1460. The first-order chi connectivity index (χ1) is 40.5. The van der Waals surface area contributed by atoms with E-state index in [0.717, 1.165) is 89.9 Å². The number of esters is 3. The van der Waals surface area contributed by atoms with Crippen molar-refractivity contribution in [1.82, 2.24) is 0 Å². The van der Waals surface area contributed by atoms with Crippen molar-refractivity contribution in [2.24, 2.45) is 0 Å². The molecule has 0 aromatic carbocycles. The summed E-state index contributed by atoms with van der Waals surface area (Å²) in [5.41, 5.74) is 0. The molecule has 0 aromatic heterocycles. The molecule has 82 heavy (non-hydrogen) atoms. The fraction of sp³-hybridized carbons (Fsp3) is 0.829. The Morgan fingerprint density at radius 3 is 0.780 bits per heavy atom. The van der Waals surface area contributed by atoms with Crippen molar-refractivity contribution in [3.8, 4) is 0 Å². The minimum atomic E-state index is -0.789. The van der Waals surface area contributed by atoms with Gasteiger partial charge in [-0.1, -0.05) is 345 Å². The first-order valence-corrected chi connectivity index (χ1v) is 36.3. The molecule has 0 N–H and O–H groups in total. The number of unbranched alkanes of at least 4 members (excludes halogenated alkanes) is 46. The van der Waals surface area contributed by atoms with Gasteiger partial charge in [-0.25, -0.2) is 0 Å². The molecule has 0 saturated heterocycles. The van der Waals surface area contributed by atoms with Gasteiger partial charge < -0.3 is 14.2 Å². The summed E-state index contributed by atoms with van der Waals surface area (Å²) in [5.74, 6) is -0.896. The zero-order chi connectivity index (χ0) is 59.2. The van der Waals surface area contributed by atoms with Gasteiger partial charge in [0.15, 0.2) is 6.10 Å². The van der Waals surface area contributed by atoms with Crippen molar-refractivity contribution >= 4 is 17.9 Å². The summed E-state index contributed by atoms with van der Waals surface area (Å²) in [5, 5.41) is 0. The van der Waals surface area contributed by atoms with E-state index >= 15 is 0 Å². The highest BCUT2D eigenvalue weighted by Gasteiger charge is 2.19. The lowest BCUT2D eigenvalue weighted by atomic mass is 10.0. The summed E-state index contributed by atoms with van der Waals surface area (Å²) in [7, 11) is 0. The molecular formula is C76H138O6. The zero-order valence-electron chi connectivity index (χ0n) is 55.0. The highest BCUT2D eigenvalue weighted by atomic mass is 16.6. The molecule has 0 bridgehead atoms. The third-order valence-electron chi connectivity index (χ3n) is 16.3. The van der Waals surface area contributed by atoms with Crippen LogP contribution in [0, 0.1) is 0 Å². The molecule has 6 heteroatoms. The van der Waals surface area contributed by atoms with Gasteiger partial charge in [-0.15, -0.1) is 0 Å². The normalized spacial score (nSPS) is 12.4. The molecule has 0 spiro atoms. The number of allylic oxidation sites excluding steroid dienone is 10. The Morgan fingerprint density at radius 2 is 0.476 bits per heavy atom. The highest BCUT2D eigenvalue weighted by Crippen LogP contribution is 2.19. The maximum absolute atomic E-state index is 12.9. The molecule has 6 nitrogen and oxygen atoms in total. The summed E-state index contributed by atoms with van der Waals surface area (Å²) in [6.45, 7) is 6.53. The Kier molecular flexibility index (Phi) is 68.1. The predicted molar refractivity (Wildman–Crippen MR) is 358 cm³/mol. The summed E-state index contributed by atoms with van der Waals surface area (Å²) in [6, 6.07) is 0. The van der Waals surface area contributed by atoms with Gasteiger partial charge in [0.25, 0.3) is 0 Å². The first kappa shape index (κ1) is 79.1. The van der Waals surface area contributed by atoms with Crippen molar-refractivity contribution < 1.29 is 28.6 Å². The van der Waals surface area contributed by atoms with Gasteiger partial charge in [0.1, 0.15) is 13.2 Å². The van der Waals surface area contributed by atoms with Crippen LogP contribution in [0.5, 0.6) is 0 Å². The van der Waals surface area contributed by atoms with Crippen molar-refractivity contribution in [2.75, 3.05) is 13.2 Å². The van der Waals surface area contributed by atoms with Crippen LogP contribution in [0.2, 0.25) is 0 Å². The Labute approximate surface area is 510 Å². The molecule has 0 fully saturated rings. The Hall–Kier alpha value is -2.89. The van der Waals surface area contributed by atoms with E-state index in [2.05, 4.69) is 81.5 Å². The maximum atomic E-state index is 12.9. The van der Waals surface area contributed by atoms with Crippen LogP contribution in [0.1, 0.15) is 387 Å². The third kappa shape index (κ3) is 67.9. The molecule has 0 aliphatic heterocycles. The van der Waals surface area contributed by atoms with Crippen LogP contribution in [0.3, 0.4) is 0 Å². The molecule has 0 amide bonds. The van der Waals surface area contributed by atoms with E-state index in [-0.39, 0.29) is 31.1 Å². The third-order valence-corrected chi connectivity index (χ3v) is 16.3. The van der Waals surface area contributed by atoms with Crippen molar-refractivity contribution in [3.05, 3.63) is 60.8 Å². The quantitative estimate of drug-likeness (QED) is 0.0261. The Balaban J connectivity index is 4.15. The average Bonchev–Trinajstić information content (AvgIpc) is 3.47. The second-order valence-electron chi connectivity index (χ2n) is 24.5. The Morgan fingerprint density at radius 1 is 0.256 bits per heavy atom. The standard InChI is InChI=1S/C76H138O6/c1-4-7-10-13-16-19-22-25-27-29-31-32-33-34-35-36-37-38-39-40-41-42-43-45-46-48-51-54-57-60-63-66-69-75(78)81-72-73(71-80-74(77)68-65-62-59-56-53-50-24-21-18-15-12-9-6-3)82-76(79)70-67-64-61-58-55-52-49-47-44-30-28-26-23-20-17-14-11-8-5-2/h9,12,17-18,20-21,26,28,50,53,73H,4-8,10-11,13-16,19,22-25,27,29-49,51-52,54-72H2,1-3H3/b12-9-,20-17-,21-18-,28-26-,53-50-. The van der Waals surface area contributed by atoms with E-state index in [9.17, 15) is 14.4 Å². The van der Waals surface area contributed by atoms with Crippen LogP contribution in [0.25, 0.3) is 0 Å². The van der Waals surface area contributed by atoms with Gasteiger partial charge in [-0.05, 0) is 83.5 Å². The lowest BCUT2D eigenvalue weighted by Crippen LogP contribution is -2.30. The summed E-state index contributed by atoms with van der Waals surface area (Å²) >= 11 is 0. The van der Waals surface area contributed by atoms with Gasteiger partial charge in [0.05, 0.1) is 0 Å². The van der Waals surface area contributed by atoms with Crippen LogP contribution in [-0.4, -0.2) is 37.2 Å². The van der Waals surface area contributed by atoms with Crippen LogP contribution < -0.4 is 0 Å². The molecular weight excluding hydrogens is 1010 g/mol. The molecule has 0 saturated carbocycles. The summed E-state index contributed by atoms with van der Waals surface area (Å²) in [4.78, 5) is 38.4. The van der Waals surface area contributed by atoms with Crippen LogP contribution in [0.15, 0.2) is 60.8 Å². The number of carbonyl (C=O) groups is 3. The van der Waals surface area contributed by atoms with Crippen molar-refractivity contribution in [2.45, 2.75) is 393 Å². The molecule has 0 heterocycles. The minimum Gasteiger partial charge on any atom is -0.462 e. The van der Waals surface area contributed by atoms with E-state index in [4.69, 9.17) is 14.2 Å². The SMILES string of the molecule is CC/C=C\C/C=C\C/C=C\CCCCCC(=O)OCC(COC(=O)CCCCCCCCCCCCCCCCCCCCCCCCCCCCCCCCCC)OC(=O)CCCCCCCCCCC/C=C\C/C=C\CCCCC. The van der Waals surface area contributed by atoms with E-state index in [1.54, 1.807) is 0 Å². The van der Waals surface area contributed by atoms with Gasteiger partial charge in [0, 0.05) is 19.3 Å². The number of hydrogen-bond acceptors (Lipinski definition) is 6. The molecule has 0 aromatic rings. The van der Waals surface area contributed by atoms with Crippen molar-refractivity contribution in [1.29, 1.82) is 0 Å². The topological polar surface area (TPSA) is 78.9 Å². The molecule has 478 valence electrons. The van der Waals surface area contributed by atoms with Gasteiger partial charge in [-0.3, -0.25) is 14.4 Å². The molecule has 0 aliphatic rings. The number of carbonyl (C=O) groups excluding carboxylic acids is 3. The average molecular weight is 1150 g/mol. The molecule has 1 unspecified atom stereocenters. The second kappa shape index (κ2) is 70.6. The molecule has 0 rings (SSSR count). The van der Waals surface area contributed by atoms with Gasteiger partial charge in [0.2, 0.25) is 0 Å². The summed E-state index contributed by atoms with van der Waals surface area (Å²) in [6.07, 6.45) is 91.4. The molecule has 1 atom stereocenters. The predicted octanol–water partition coefficient (Wildman–Crippen LogP) is 25.1. The molecule has 0 radical (unpaired) electrons. The lowest BCUT2D eigenvalue weighted by molar-refractivity contribution is -0.167. The number of ether oxygens (including phenoxy) is 3. The number of hydrogen-bond donors (Lipinski definition) is 0. The largest absolute Gasteiger partial charge is 0.462 e. The second-order valence-corrected chi connectivity index (χ2v) is 24.5. The first-order valence-electron chi connectivity index (χ1n) is 36.3. The monoisotopic (exact) mass is 1150 g/mol. The van der Waals surface area contributed by atoms with E-state index in [1.807, 2.05) is 0 Å². The maximum Gasteiger partial charge on any atom is 0.306 e. The lowest BCUT2D eigenvalue weighted by Gasteiger charge is -2.18. The van der Waals surface area contributed by atoms with E-state index in [1.165, 1.54) is 257 Å².